The lowest BCUT2D eigenvalue weighted by molar-refractivity contribution is 0.0561. The van der Waals surface area contributed by atoms with Crippen molar-refractivity contribution in [1.82, 2.24) is 4.98 Å². The third-order valence-electron chi connectivity index (χ3n) is 5.03. The number of esters is 1. The number of aromatic amines is 1. The lowest BCUT2D eigenvalue weighted by atomic mass is 9.91. The van der Waals surface area contributed by atoms with E-state index < -0.39 is 11.5 Å². The van der Waals surface area contributed by atoms with Gasteiger partial charge < -0.3 is 24.6 Å². The van der Waals surface area contributed by atoms with E-state index in [0.717, 1.165) is 5.39 Å². The van der Waals surface area contributed by atoms with Crippen molar-refractivity contribution in [1.29, 1.82) is 10.5 Å². The number of nitriles is 2. The zero-order valence-corrected chi connectivity index (χ0v) is 17.3. The van der Waals surface area contributed by atoms with Crippen LogP contribution >= 0.6 is 0 Å². The number of carbonyl (C=O) groups is 1. The molecule has 0 saturated heterocycles. The second kappa shape index (κ2) is 8.61. The largest absolute Gasteiger partial charge is 0.485 e. The number of nitrogens with two attached hydrogens (primary N) is 1. The number of ether oxygens (including phenoxy) is 2. The molecule has 3 N–H and O–H groups in total. The van der Waals surface area contributed by atoms with E-state index in [1.807, 2.05) is 30.3 Å². The second-order valence-corrected chi connectivity index (χ2v) is 6.92. The molecule has 4 aromatic rings. The van der Waals surface area contributed by atoms with Crippen molar-refractivity contribution in [3.05, 3.63) is 81.5 Å². The first-order valence-corrected chi connectivity index (χ1v) is 9.66. The molecule has 2 aromatic carbocycles. The van der Waals surface area contributed by atoms with Gasteiger partial charge in [-0.25, -0.2) is 4.79 Å². The van der Waals surface area contributed by atoms with E-state index in [1.54, 1.807) is 24.3 Å². The summed E-state index contributed by atoms with van der Waals surface area (Å²) in [6.45, 7) is -0.0647. The summed E-state index contributed by atoms with van der Waals surface area (Å²) >= 11 is 0. The molecule has 0 atom stereocenters. The molecule has 162 valence electrons. The standard InChI is InChI=1S/C24H16N4O5/c1-31-24(30)19-9-7-14(33-19)12-32-18-8-6-13-4-2-3-5-15(13)21(18)20-16(10-25)22(27)28-23(29)17(20)11-26/h2-9H,12H2,1H3,(H3,27,28,29). The number of nitrogens with zero attached hydrogens (tertiary/aromatic N) is 2. The molecule has 0 aliphatic carbocycles. The summed E-state index contributed by atoms with van der Waals surface area (Å²) in [5, 5.41) is 20.9. The molecule has 9 heteroatoms. The van der Waals surface area contributed by atoms with Gasteiger partial charge in [0, 0.05) is 11.1 Å². The normalized spacial score (nSPS) is 10.4. The third kappa shape index (κ3) is 3.75. The summed E-state index contributed by atoms with van der Waals surface area (Å²) in [5.74, 6) is -0.104. The molecule has 0 amide bonds. The fourth-order valence-corrected chi connectivity index (χ4v) is 3.54. The van der Waals surface area contributed by atoms with Crippen LogP contribution in [0.25, 0.3) is 21.9 Å². The van der Waals surface area contributed by atoms with Crippen LogP contribution in [-0.4, -0.2) is 18.1 Å². The van der Waals surface area contributed by atoms with Crippen LogP contribution in [0.5, 0.6) is 5.75 Å². The van der Waals surface area contributed by atoms with Crippen molar-refractivity contribution in [3.8, 4) is 29.0 Å². The van der Waals surface area contributed by atoms with Crippen molar-refractivity contribution in [2.24, 2.45) is 0 Å². The van der Waals surface area contributed by atoms with E-state index in [0.29, 0.717) is 22.5 Å². The van der Waals surface area contributed by atoms with Crippen LogP contribution in [-0.2, 0) is 11.3 Å². The van der Waals surface area contributed by atoms with Crippen LogP contribution in [0.3, 0.4) is 0 Å². The molecule has 9 nitrogen and oxygen atoms in total. The Labute approximate surface area is 187 Å². The Morgan fingerprint density at radius 3 is 2.55 bits per heavy atom. The molecule has 0 bridgehead atoms. The van der Waals surface area contributed by atoms with Crippen LogP contribution in [0.4, 0.5) is 5.82 Å². The zero-order valence-electron chi connectivity index (χ0n) is 17.3. The van der Waals surface area contributed by atoms with Crippen molar-refractivity contribution in [2.75, 3.05) is 12.8 Å². The van der Waals surface area contributed by atoms with Gasteiger partial charge >= 0.3 is 5.97 Å². The number of H-pyrrole nitrogens is 1. The number of hydrogen-bond donors (Lipinski definition) is 2. The fraction of sp³-hybridized carbons (Fsp3) is 0.0833. The van der Waals surface area contributed by atoms with E-state index in [-0.39, 0.29) is 34.9 Å². The molecule has 4 rings (SSSR count). The Balaban J connectivity index is 1.91. The Morgan fingerprint density at radius 2 is 1.82 bits per heavy atom. The maximum Gasteiger partial charge on any atom is 0.373 e. The predicted molar refractivity (Wildman–Crippen MR) is 118 cm³/mol. The molecule has 33 heavy (non-hydrogen) atoms. The number of carbonyl (C=O) groups excluding carboxylic acids is 1. The molecule has 0 aliphatic rings. The van der Waals surface area contributed by atoms with E-state index in [4.69, 9.17) is 14.9 Å². The average Bonchev–Trinajstić information content (AvgIpc) is 3.30. The Morgan fingerprint density at radius 1 is 1.06 bits per heavy atom. The Kier molecular flexibility index (Phi) is 5.54. The van der Waals surface area contributed by atoms with Gasteiger partial charge in [0.05, 0.1) is 7.11 Å². The summed E-state index contributed by atoms with van der Waals surface area (Å²) < 4.78 is 16.0. The number of methoxy groups -OCH3 is 1. The molecule has 2 aromatic heterocycles. The highest BCUT2D eigenvalue weighted by atomic mass is 16.5. The SMILES string of the molecule is COC(=O)c1ccc(COc2ccc3ccccc3c2-c2c(C#N)c(N)[nH]c(=O)c2C#N)o1. The minimum absolute atomic E-state index is 0.0238. The highest BCUT2D eigenvalue weighted by Crippen LogP contribution is 2.41. The first kappa shape index (κ1) is 21.2. The number of fused-ring (bicyclic) bond motifs is 1. The molecule has 0 spiro atoms. The second-order valence-electron chi connectivity index (χ2n) is 6.92. The van der Waals surface area contributed by atoms with Crippen molar-refractivity contribution in [2.45, 2.75) is 6.61 Å². The fourth-order valence-electron chi connectivity index (χ4n) is 3.54. The predicted octanol–water partition coefficient (Wildman–Crippen LogP) is 3.48. The van der Waals surface area contributed by atoms with Gasteiger partial charge in [-0.3, -0.25) is 4.79 Å². The first-order chi connectivity index (χ1) is 16.0. The lowest BCUT2D eigenvalue weighted by Crippen LogP contribution is -2.16. The topological polar surface area (TPSA) is 155 Å². The van der Waals surface area contributed by atoms with Gasteiger partial charge in [0.15, 0.2) is 0 Å². The number of hydrogen-bond acceptors (Lipinski definition) is 8. The summed E-state index contributed by atoms with van der Waals surface area (Å²) in [4.78, 5) is 26.5. The highest BCUT2D eigenvalue weighted by molar-refractivity contribution is 6.02. The van der Waals surface area contributed by atoms with Crippen LogP contribution < -0.4 is 16.0 Å². The number of pyridine rings is 1. The maximum atomic E-state index is 12.5. The minimum Gasteiger partial charge on any atom is -0.485 e. The van der Waals surface area contributed by atoms with Crippen LogP contribution in [0, 0.1) is 22.7 Å². The van der Waals surface area contributed by atoms with E-state index >= 15 is 0 Å². The summed E-state index contributed by atoms with van der Waals surface area (Å²) in [6.07, 6.45) is 0. The summed E-state index contributed by atoms with van der Waals surface area (Å²) in [7, 11) is 1.25. The van der Waals surface area contributed by atoms with Gasteiger partial charge in [-0.1, -0.05) is 30.3 Å². The minimum atomic E-state index is -0.711. The first-order valence-electron chi connectivity index (χ1n) is 9.66. The van der Waals surface area contributed by atoms with Crippen molar-refractivity contribution >= 4 is 22.6 Å². The van der Waals surface area contributed by atoms with E-state index in [9.17, 15) is 20.1 Å². The van der Waals surface area contributed by atoms with Gasteiger partial charge in [0.1, 0.15) is 47.2 Å². The number of rotatable bonds is 5. The Bertz CT molecular complexity index is 1540. The molecule has 0 radical (unpaired) electrons. The average molecular weight is 440 g/mol. The summed E-state index contributed by atoms with van der Waals surface area (Å²) in [6, 6.07) is 17.6. The number of nitrogen functional groups attached to an aromatic ring is 1. The number of furan rings is 1. The summed E-state index contributed by atoms with van der Waals surface area (Å²) in [5.41, 5.74) is 5.36. The third-order valence-corrected chi connectivity index (χ3v) is 5.03. The number of anilines is 1. The zero-order chi connectivity index (χ0) is 23.5. The smallest absolute Gasteiger partial charge is 0.373 e. The molecule has 0 aliphatic heterocycles. The monoisotopic (exact) mass is 440 g/mol. The molecule has 0 unspecified atom stereocenters. The highest BCUT2D eigenvalue weighted by Gasteiger charge is 2.23. The molecule has 0 fully saturated rings. The molecule has 2 heterocycles. The quantitative estimate of drug-likeness (QED) is 0.447. The van der Waals surface area contributed by atoms with Crippen LogP contribution in [0.1, 0.15) is 27.4 Å². The molecular weight excluding hydrogens is 424 g/mol. The van der Waals surface area contributed by atoms with E-state index in [1.165, 1.54) is 13.2 Å². The van der Waals surface area contributed by atoms with E-state index in [2.05, 4.69) is 9.72 Å². The maximum absolute atomic E-state index is 12.5. The number of benzene rings is 2. The van der Waals surface area contributed by atoms with Crippen LogP contribution in [0.2, 0.25) is 0 Å². The van der Waals surface area contributed by atoms with Crippen LogP contribution in [0.15, 0.2) is 57.7 Å². The number of aromatic nitrogens is 1. The molecular formula is C24H16N4O5. The van der Waals surface area contributed by atoms with Gasteiger partial charge in [-0.05, 0) is 29.0 Å². The molecule has 0 saturated carbocycles. The van der Waals surface area contributed by atoms with Gasteiger partial charge in [0.2, 0.25) is 5.76 Å². The lowest BCUT2D eigenvalue weighted by Gasteiger charge is -2.16. The van der Waals surface area contributed by atoms with Gasteiger partial charge in [0.25, 0.3) is 5.56 Å². The number of nitrogens with one attached hydrogen (secondary N) is 1. The van der Waals surface area contributed by atoms with Crippen molar-refractivity contribution < 1.29 is 18.7 Å². The van der Waals surface area contributed by atoms with Gasteiger partial charge in [-0.15, -0.1) is 0 Å². The Hall–Kier alpha value is -5.02. The van der Waals surface area contributed by atoms with Crippen molar-refractivity contribution in [3.63, 3.8) is 0 Å². The van der Waals surface area contributed by atoms with Gasteiger partial charge in [-0.2, -0.15) is 10.5 Å².